The largest absolute Gasteiger partial charge is 0.493 e. The average molecular weight is 835 g/mol. The lowest BCUT2D eigenvalue weighted by Gasteiger charge is -2.45. The van der Waals surface area contributed by atoms with Gasteiger partial charge in [0, 0.05) is 47.9 Å². The van der Waals surface area contributed by atoms with Crippen LogP contribution in [0.15, 0.2) is 95.1 Å². The molecule has 304 valence electrons. The first kappa shape index (κ1) is 41.3. The van der Waals surface area contributed by atoms with Crippen LogP contribution >= 0.6 is 23.5 Å². The Kier molecular flexibility index (Phi) is 11.9. The van der Waals surface area contributed by atoms with E-state index in [1.54, 1.807) is 0 Å². The predicted octanol–water partition coefficient (Wildman–Crippen LogP) is 7.47. The highest BCUT2D eigenvalue weighted by Gasteiger charge is 2.58. The Labute approximate surface area is 342 Å². The van der Waals surface area contributed by atoms with E-state index in [0.717, 1.165) is 60.5 Å². The van der Waals surface area contributed by atoms with E-state index in [1.807, 2.05) is 62.6 Å². The molecule has 2 N–H and O–H groups in total. The molecular weight excluding hydrogens is 793 g/mol. The fraction of sp³-hybridized carbons (Fsp3) is 0.333. The van der Waals surface area contributed by atoms with Gasteiger partial charge < -0.3 is 20.1 Å². The summed E-state index contributed by atoms with van der Waals surface area (Å²) >= 11 is 2.55. The summed E-state index contributed by atoms with van der Waals surface area (Å²) in [6, 6.07) is 21.4. The number of nitrogens with zero attached hydrogens (tertiary/aromatic N) is 5. The van der Waals surface area contributed by atoms with Gasteiger partial charge in [-0.05, 0) is 88.6 Å². The number of carbonyl (C=O) groups excluding carboxylic acids is 2. The Morgan fingerprint density at radius 1 is 0.724 bits per heavy atom. The second kappa shape index (κ2) is 16.8. The Bertz CT molecular complexity index is 2300. The molecule has 0 radical (unpaired) electrons. The van der Waals surface area contributed by atoms with Crippen LogP contribution < -0.4 is 15.2 Å². The van der Waals surface area contributed by atoms with Gasteiger partial charge in [0.25, 0.3) is 0 Å². The van der Waals surface area contributed by atoms with E-state index >= 15 is 0 Å². The topological polar surface area (TPSA) is 113 Å². The van der Waals surface area contributed by atoms with E-state index in [4.69, 9.17) is 15.2 Å². The number of hydrogen-bond acceptors (Lipinski definition) is 10. The van der Waals surface area contributed by atoms with Crippen LogP contribution in [0, 0.1) is 35.1 Å². The first-order valence-corrected chi connectivity index (χ1v) is 20.3. The summed E-state index contributed by atoms with van der Waals surface area (Å²) in [5.74, 6) is -1.79. The molecule has 2 spiro atoms. The Morgan fingerprint density at radius 3 is 1.57 bits per heavy atom. The molecule has 16 heteroatoms. The molecule has 0 bridgehead atoms. The third kappa shape index (κ3) is 7.46. The van der Waals surface area contributed by atoms with Crippen molar-refractivity contribution in [1.29, 1.82) is 0 Å². The van der Waals surface area contributed by atoms with Crippen molar-refractivity contribution < 1.29 is 36.6 Å². The predicted molar refractivity (Wildman–Crippen MR) is 217 cm³/mol. The second-order valence-electron chi connectivity index (χ2n) is 14.5. The van der Waals surface area contributed by atoms with Crippen molar-refractivity contribution in [1.82, 2.24) is 14.9 Å². The number of hydrazone groups is 2. The molecule has 0 saturated carbocycles. The smallest absolute Gasteiger partial charge is 0.241 e. The monoisotopic (exact) mass is 834 g/mol. The summed E-state index contributed by atoms with van der Waals surface area (Å²) in [7, 11) is 3.97. The van der Waals surface area contributed by atoms with Gasteiger partial charge in [-0.3, -0.25) is 9.59 Å². The molecule has 4 aliphatic rings. The van der Waals surface area contributed by atoms with Gasteiger partial charge in [-0.1, -0.05) is 59.9 Å². The maximum absolute atomic E-state index is 14.6. The molecule has 0 saturated heterocycles. The number of fused-ring (bicyclic) bond motifs is 4. The van der Waals surface area contributed by atoms with Gasteiger partial charge in [0.1, 0.15) is 44.9 Å². The first-order chi connectivity index (χ1) is 27.8. The minimum absolute atomic E-state index is 0.0311. The standard InChI is InChI=1S/C22H23F2N3O2S.C20H19F2N3O2S/c1-14(28)27-22(30-21(25-27)17-12-16(23)8-9-19(17)24)15(10-11-26(2)3)13-29-20-7-5-4-6-18(20)22;1-12(26)25-20(28-19(24-25)15-10-14(21)6-7-17(15)22)13(8-9-23)11-27-18-5-3-2-4-16(18)20/h4-9,12,15H,10-11,13H2,1-3H3;2-7,10,13H,8-9,11,23H2,1H3/t15-,22+;13-,20+/m11/s1. The molecule has 4 aliphatic heterocycles. The van der Waals surface area contributed by atoms with Gasteiger partial charge in [-0.15, -0.1) is 0 Å². The van der Waals surface area contributed by atoms with E-state index in [2.05, 4.69) is 15.1 Å². The van der Waals surface area contributed by atoms with Crippen LogP contribution in [0.5, 0.6) is 11.5 Å². The van der Waals surface area contributed by atoms with Crippen molar-refractivity contribution in [2.75, 3.05) is 40.4 Å². The number of para-hydroxylation sites is 2. The minimum atomic E-state index is -0.922. The number of rotatable bonds is 7. The normalized spacial score (nSPS) is 23.1. The molecule has 0 aromatic heterocycles. The zero-order chi connectivity index (χ0) is 41.4. The van der Waals surface area contributed by atoms with Crippen LogP contribution in [0.1, 0.15) is 48.9 Å². The molecule has 2 amide bonds. The van der Waals surface area contributed by atoms with Crippen molar-refractivity contribution in [2.45, 2.75) is 36.4 Å². The molecule has 0 aliphatic carbocycles. The van der Waals surface area contributed by atoms with E-state index in [1.165, 1.54) is 47.4 Å². The fourth-order valence-corrected chi connectivity index (χ4v) is 10.9. The van der Waals surface area contributed by atoms with Gasteiger partial charge in [-0.2, -0.15) is 10.2 Å². The molecular formula is C42H42F4N6O4S2. The highest BCUT2D eigenvalue weighted by Crippen LogP contribution is 2.59. The lowest BCUT2D eigenvalue weighted by atomic mass is 9.86. The SMILES string of the molecule is CC(=O)N1N=C(c2cc(F)ccc2F)S[C@@]12c1ccccc1OC[C@H]2CCN.CC(=O)N1N=C(c2cc(F)ccc2F)S[C@@]12c1ccccc1OC[C@H]2CCN(C)C. The Hall–Kier alpha value is -4.90. The third-order valence-electron chi connectivity index (χ3n) is 10.4. The third-order valence-corrected chi connectivity index (χ3v) is 13.5. The van der Waals surface area contributed by atoms with Gasteiger partial charge in [-0.25, -0.2) is 27.6 Å². The molecule has 8 rings (SSSR count). The van der Waals surface area contributed by atoms with Crippen molar-refractivity contribution in [3.05, 3.63) is 130 Å². The molecule has 10 nitrogen and oxygen atoms in total. The number of thioether (sulfide) groups is 2. The van der Waals surface area contributed by atoms with Crippen LogP contribution in [-0.2, 0) is 19.3 Å². The molecule has 4 heterocycles. The molecule has 4 atom stereocenters. The number of benzene rings is 4. The summed E-state index contributed by atoms with van der Waals surface area (Å²) in [6.07, 6.45) is 1.33. The number of halogens is 4. The summed E-state index contributed by atoms with van der Waals surface area (Å²) < 4.78 is 68.6. The minimum Gasteiger partial charge on any atom is -0.493 e. The van der Waals surface area contributed by atoms with Crippen LogP contribution in [0.3, 0.4) is 0 Å². The lowest BCUT2D eigenvalue weighted by Crippen LogP contribution is -2.51. The second-order valence-corrected chi connectivity index (χ2v) is 16.9. The van der Waals surface area contributed by atoms with Crippen molar-refractivity contribution >= 4 is 45.4 Å². The van der Waals surface area contributed by atoms with E-state index in [0.29, 0.717) is 37.7 Å². The van der Waals surface area contributed by atoms with Crippen LogP contribution in [0.25, 0.3) is 0 Å². The summed E-state index contributed by atoms with van der Waals surface area (Å²) in [4.78, 5) is 25.6. The Balaban J connectivity index is 0.000000177. The maximum atomic E-state index is 14.6. The molecule has 4 aromatic carbocycles. The van der Waals surface area contributed by atoms with E-state index in [9.17, 15) is 27.2 Å². The van der Waals surface area contributed by atoms with Crippen molar-refractivity contribution in [2.24, 2.45) is 27.8 Å². The highest BCUT2D eigenvalue weighted by atomic mass is 32.2. The van der Waals surface area contributed by atoms with Gasteiger partial charge in [0.05, 0.1) is 13.2 Å². The average Bonchev–Trinajstić information content (AvgIpc) is 3.80. The van der Waals surface area contributed by atoms with Crippen molar-refractivity contribution in [3.8, 4) is 11.5 Å². The van der Waals surface area contributed by atoms with Gasteiger partial charge >= 0.3 is 0 Å². The number of ether oxygens (including phenoxy) is 2. The van der Waals surface area contributed by atoms with Crippen LogP contribution in [0.4, 0.5) is 17.6 Å². The zero-order valence-electron chi connectivity index (χ0n) is 32.3. The maximum Gasteiger partial charge on any atom is 0.241 e. The number of amides is 2. The van der Waals surface area contributed by atoms with Crippen LogP contribution in [0.2, 0.25) is 0 Å². The summed E-state index contributed by atoms with van der Waals surface area (Å²) in [5, 5.41) is 12.3. The zero-order valence-corrected chi connectivity index (χ0v) is 33.9. The summed E-state index contributed by atoms with van der Waals surface area (Å²) in [6.45, 7) is 4.78. The highest BCUT2D eigenvalue weighted by molar-refractivity contribution is 8.15. The van der Waals surface area contributed by atoms with Gasteiger partial charge in [0.2, 0.25) is 11.8 Å². The molecule has 0 unspecified atom stereocenters. The van der Waals surface area contributed by atoms with E-state index < -0.39 is 33.0 Å². The molecule has 4 aromatic rings. The quantitative estimate of drug-likeness (QED) is 0.191. The van der Waals surface area contributed by atoms with Gasteiger partial charge in [0.15, 0.2) is 9.74 Å². The van der Waals surface area contributed by atoms with Crippen LogP contribution in [-0.4, -0.2) is 77.2 Å². The fourth-order valence-electron chi connectivity index (χ4n) is 7.75. The van der Waals surface area contributed by atoms with Crippen molar-refractivity contribution in [3.63, 3.8) is 0 Å². The molecule has 0 fully saturated rings. The van der Waals surface area contributed by atoms with E-state index in [-0.39, 0.29) is 44.9 Å². The first-order valence-electron chi connectivity index (χ1n) is 18.7. The summed E-state index contributed by atoms with van der Waals surface area (Å²) in [5.41, 5.74) is 7.50. The molecule has 58 heavy (non-hydrogen) atoms. The Morgan fingerprint density at radius 2 is 1.16 bits per heavy atom. The number of hydrogen-bond donors (Lipinski definition) is 1. The number of nitrogens with two attached hydrogens (primary N) is 1. The number of carbonyl (C=O) groups is 2. The lowest BCUT2D eigenvalue weighted by molar-refractivity contribution is -0.135.